The summed E-state index contributed by atoms with van der Waals surface area (Å²) in [5.41, 5.74) is 0. The molecule has 0 aliphatic carbocycles. The molecule has 0 saturated carbocycles. The number of rotatable bonds is 8. The average molecular weight is 397 g/mol. The normalized spacial score (nSPS) is 26.0. The van der Waals surface area contributed by atoms with Gasteiger partial charge in [-0.15, -0.1) is 0 Å². The molecule has 6 nitrogen and oxygen atoms in total. The summed E-state index contributed by atoms with van der Waals surface area (Å²) in [7, 11) is -5.67. The quantitative estimate of drug-likeness (QED) is 0.480. The van der Waals surface area contributed by atoms with E-state index in [0.29, 0.717) is 6.42 Å². The highest BCUT2D eigenvalue weighted by Crippen LogP contribution is 2.60. The second kappa shape index (κ2) is 8.51. The molecule has 0 unspecified atom stereocenters. The van der Waals surface area contributed by atoms with Gasteiger partial charge in [-0.1, -0.05) is 20.8 Å². The predicted molar refractivity (Wildman–Crippen MR) is 102 cm³/mol. The largest absolute Gasteiger partial charge is 0.410 e. The fourth-order valence-corrected chi connectivity index (χ4v) is 6.33. The van der Waals surface area contributed by atoms with Gasteiger partial charge < -0.3 is 23.3 Å². The molecule has 0 aromatic rings. The lowest BCUT2D eigenvalue weighted by Gasteiger charge is -2.40. The maximum Gasteiger partial charge on any atom is 0.362 e. The van der Waals surface area contributed by atoms with Crippen molar-refractivity contribution < 1.29 is 27.9 Å². The van der Waals surface area contributed by atoms with Crippen molar-refractivity contribution in [1.29, 1.82) is 0 Å². The van der Waals surface area contributed by atoms with Crippen molar-refractivity contribution in [2.75, 3.05) is 6.61 Å². The van der Waals surface area contributed by atoms with Gasteiger partial charge in [0.2, 0.25) is 0 Å². The number of ether oxygens (including phenoxy) is 1. The minimum atomic E-state index is -3.56. The zero-order valence-electron chi connectivity index (χ0n) is 17.2. The smallest absolute Gasteiger partial charge is 0.362 e. The number of hydrogen-bond acceptors (Lipinski definition) is 6. The minimum Gasteiger partial charge on any atom is -0.410 e. The number of aliphatic hydroxyl groups is 1. The molecule has 0 radical (unpaired) electrons. The van der Waals surface area contributed by atoms with Crippen LogP contribution in [0.3, 0.4) is 0 Å². The zero-order chi connectivity index (χ0) is 19.6. The van der Waals surface area contributed by atoms with Gasteiger partial charge in [-0.3, -0.25) is 4.57 Å². The Kier molecular flexibility index (Phi) is 7.92. The summed E-state index contributed by atoms with van der Waals surface area (Å²) < 4.78 is 37.3. The Hall–Kier alpha value is 0.247. The van der Waals surface area contributed by atoms with Crippen molar-refractivity contribution in [2.45, 2.75) is 103 Å². The topological polar surface area (TPSA) is 74.2 Å². The lowest BCUT2D eigenvalue weighted by molar-refractivity contribution is 0.00549. The van der Waals surface area contributed by atoms with Crippen molar-refractivity contribution in [3.05, 3.63) is 0 Å². The molecule has 0 amide bonds. The standard InChI is InChI=1S/C17H37O6PSi/c1-12(2)21-24(19,22-13(3)4)16-15(10-14(11-18)20-16)23-25(8,9)17(5,6)7/h12-16,18H,10-11H2,1-9H3/t14-,15+,16-/m0/s1. The molecule has 1 aliphatic heterocycles. The van der Waals surface area contributed by atoms with Gasteiger partial charge in [-0.25, -0.2) is 0 Å². The maximum absolute atomic E-state index is 13.5. The summed E-state index contributed by atoms with van der Waals surface area (Å²) in [6.07, 6.45) is -0.883. The molecule has 1 saturated heterocycles. The molecule has 0 aromatic carbocycles. The van der Waals surface area contributed by atoms with E-state index in [9.17, 15) is 9.67 Å². The van der Waals surface area contributed by atoms with Crippen LogP contribution in [0.15, 0.2) is 0 Å². The molecule has 1 heterocycles. The van der Waals surface area contributed by atoms with Gasteiger partial charge in [-0.05, 0) is 45.8 Å². The fourth-order valence-electron chi connectivity index (χ4n) is 2.51. The summed E-state index contributed by atoms with van der Waals surface area (Å²) in [5.74, 6) is -0.816. The molecular weight excluding hydrogens is 359 g/mol. The summed E-state index contributed by atoms with van der Waals surface area (Å²) >= 11 is 0. The molecular formula is C17H37O6PSi. The van der Waals surface area contributed by atoms with Crippen molar-refractivity contribution >= 4 is 15.9 Å². The number of hydrogen-bond donors (Lipinski definition) is 1. The summed E-state index contributed by atoms with van der Waals surface area (Å²) in [6.45, 7) is 17.9. The fraction of sp³-hybridized carbons (Fsp3) is 1.00. The molecule has 1 rings (SSSR count). The van der Waals surface area contributed by atoms with Gasteiger partial charge in [0.05, 0.1) is 31.0 Å². The lowest BCUT2D eigenvalue weighted by atomic mass is 10.2. The van der Waals surface area contributed by atoms with Crippen LogP contribution in [0.25, 0.3) is 0 Å². The Bertz CT molecular complexity index is 460. The summed E-state index contributed by atoms with van der Waals surface area (Å²) in [6, 6.07) is 0. The maximum atomic E-state index is 13.5. The third kappa shape index (κ3) is 6.13. The monoisotopic (exact) mass is 396 g/mol. The van der Waals surface area contributed by atoms with Crippen LogP contribution in [0.1, 0.15) is 54.9 Å². The first-order valence-electron chi connectivity index (χ1n) is 9.12. The molecule has 1 fully saturated rings. The Labute approximate surface area is 154 Å². The molecule has 0 aromatic heterocycles. The van der Waals surface area contributed by atoms with Crippen molar-refractivity contribution in [1.82, 2.24) is 0 Å². The Morgan fingerprint density at radius 3 is 2.00 bits per heavy atom. The van der Waals surface area contributed by atoms with E-state index in [1.54, 1.807) is 0 Å². The van der Waals surface area contributed by atoms with E-state index in [1.165, 1.54) is 0 Å². The van der Waals surface area contributed by atoms with Gasteiger partial charge in [0.15, 0.2) is 14.2 Å². The summed E-state index contributed by atoms with van der Waals surface area (Å²) in [4.78, 5) is 0. The van der Waals surface area contributed by atoms with Crippen LogP contribution >= 0.6 is 7.60 Å². The van der Waals surface area contributed by atoms with Crippen molar-refractivity contribution in [3.63, 3.8) is 0 Å². The zero-order valence-corrected chi connectivity index (χ0v) is 19.1. The highest BCUT2D eigenvalue weighted by atomic mass is 31.2. The van der Waals surface area contributed by atoms with Crippen LogP contribution < -0.4 is 0 Å². The van der Waals surface area contributed by atoms with E-state index in [4.69, 9.17) is 18.2 Å². The van der Waals surface area contributed by atoms with E-state index in [-0.39, 0.29) is 23.9 Å². The SMILES string of the molecule is CC(C)OP(=O)(OC(C)C)[C@@H]1O[C@H](CO)C[C@H]1O[Si](C)(C)C(C)(C)C. The van der Waals surface area contributed by atoms with Gasteiger partial charge in [0.25, 0.3) is 0 Å². The summed E-state index contributed by atoms with van der Waals surface area (Å²) in [5, 5.41) is 9.56. The van der Waals surface area contributed by atoms with Crippen LogP contribution in [0.5, 0.6) is 0 Å². The molecule has 8 heteroatoms. The molecule has 1 aliphatic rings. The van der Waals surface area contributed by atoms with Crippen LogP contribution in [0.2, 0.25) is 18.1 Å². The highest BCUT2D eigenvalue weighted by molar-refractivity contribution is 7.54. The predicted octanol–water partition coefficient (Wildman–Crippen LogP) is 4.53. The van der Waals surface area contributed by atoms with E-state index in [0.717, 1.165) is 0 Å². The van der Waals surface area contributed by atoms with E-state index >= 15 is 0 Å². The van der Waals surface area contributed by atoms with Gasteiger partial charge in [0.1, 0.15) is 0 Å². The van der Waals surface area contributed by atoms with Crippen LogP contribution in [-0.4, -0.2) is 50.3 Å². The first-order valence-corrected chi connectivity index (χ1v) is 13.6. The van der Waals surface area contributed by atoms with Crippen LogP contribution in [-0.2, 0) is 22.8 Å². The third-order valence-electron chi connectivity index (χ3n) is 4.63. The molecule has 0 spiro atoms. The van der Waals surface area contributed by atoms with Gasteiger partial charge >= 0.3 is 7.60 Å². The van der Waals surface area contributed by atoms with Crippen molar-refractivity contribution in [2.24, 2.45) is 0 Å². The second-order valence-electron chi connectivity index (χ2n) is 8.83. The number of aliphatic hydroxyl groups excluding tert-OH is 1. The third-order valence-corrected chi connectivity index (χ3v) is 11.6. The molecule has 150 valence electrons. The Balaban J connectivity index is 3.15. The molecule has 0 bridgehead atoms. The van der Waals surface area contributed by atoms with Crippen LogP contribution in [0, 0.1) is 0 Å². The van der Waals surface area contributed by atoms with Gasteiger partial charge in [0, 0.05) is 6.42 Å². The Morgan fingerprint density at radius 1 is 1.16 bits per heavy atom. The van der Waals surface area contributed by atoms with Gasteiger partial charge in [-0.2, -0.15) is 0 Å². The lowest BCUT2D eigenvalue weighted by Crippen LogP contribution is -2.46. The first-order chi connectivity index (χ1) is 11.2. The Morgan fingerprint density at radius 2 is 1.64 bits per heavy atom. The minimum absolute atomic E-state index is 0.0106. The highest BCUT2D eigenvalue weighted by Gasteiger charge is 2.53. The molecule has 1 N–H and O–H groups in total. The first kappa shape index (κ1) is 23.3. The van der Waals surface area contributed by atoms with Crippen molar-refractivity contribution in [3.8, 4) is 0 Å². The van der Waals surface area contributed by atoms with Crippen LogP contribution in [0.4, 0.5) is 0 Å². The van der Waals surface area contributed by atoms with E-state index < -0.39 is 34.0 Å². The second-order valence-corrected chi connectivity index (χ2v) is 15.6. The molecule has 3 atom stereocenters. The molecule has 25 heavy (non-hydrogen) atoms. The average Bonchev–Trinajstić information content (AvgIpc) is 2.78. The van der Waals surface area contributed by atoms with E-state index in [2.05, 4.69) is 33.9 Å². The van der Waals surface area contributed by atoms with E-state index in [1.807, 2.05) is 27.7 Å².